The number of rotatable bonds is 4. The van der Waals surface area contributed by atoms with E-state index < -0.39 is 5.72 Å². The molecule has 2 aliphatic heterocycles. The molecule has 2 aromatic rings. The van der Waals surface area contributed by atoms with E-state index >= 15 is 0 Å². The van der Waals surface area contributed by atoms with E-state index in [1.54, 1.807) is 7.11 Å². The largest absolute Gasteiger partial charge is 0.497 e. The lowest BCUT2D eigenvalue weighted by Crippen LogP contribution is -2.54. The molecule has 1 saturated heterocycles. The number of benzene rings is 2. The standard InChI is InChI=1S/C21H26N2O4/c1-21(24,16-3-8-19-20(15-16)27-14-13-26-19)23-11-9-22(10-12-23)17-4-6-18(25-2)7-5-17/h3-8,15,24H,9-14H2,1-2H3. The van der Waals surface area contributed by atoms with E-state index in [2.05, 4.69) is 21.9 Å². The van der Waals surface area contributed by atoms with Crippen LogP contribution in [0.2, 0.25) is 0 Å². The van der Waals surface area contributed by atoms with Gasteiger partial charge in [0.2, 0.25) is 0 Å². The zero-order valence-electron chi connectivity index (χ0n) is 15.9. The molecular formula is C21H26N2O4. The van der Waals surface area contributed by atoms with Crippen molar-refractivity contribution in [3.8, 4) is 17.2 Å². The highest BCUT2D eigenvalue weighted by Gasteiger charge is 2.34. The molecule has 0 amide bonds. The van der Waals surface area contributed by atoms with Gasteiger partial charge in [0.15, 0.2) is 11.5 Å². The van der Waals surface area contributed by atoms with Gasteiger partial charge in [-0.05, 0) is 43.3 Å². The summed E-state index contributed by atoms with van der Waals surface area (Å²) in [7, 11) is 1.67. The van der Waals surface area contributed by atoms with Crippen LogP contribution in [-0.4, -0.2) is 56.5 Å². The number of nitrogens with zero attached hydrogens (tertiary/aromatic N) is 2. The minimum atomic E-state index is -1.05. The molecule has 2 aliphatic rings. The minimum absolute atomic E-state index is 0.541. The molecule has 0 saturated carbocycles. The SMILES string of the molecule is COc1ccc(N2CCN(C(C)(O)c3ccc4c(c3)OCCO4)CC2)cc1. The van der Waals surface area contributed by atoms with Gasteiger partial charge in [-0.15, -0.1) is 0 Å². The van der Waals surface area contributed by atoms with Gasteiger partial charge in [-0.3, -0.25) is 4.90 Å². The summed E-state index contributed by atoms with van der Waals surface area (Å²) in [6.45, 7) is 6.21. The summed E-state index contributed by atoms with van der Waals surface area (Å²) < 4.78 is 16.5. The lowest BCUT2D eigenvalue weighted by molar-refractivity contribution is -0.103. The molecule has 1 fully saturated rings. The summed E-state index contributed by atoms with van der Waals surface area (Å²) in [6, 6.07) is 13.8. The van der Waals surface area contributed by atoms with Crippen molar-refractivity contribution in [2.24, 2.45) is 0 Å². The lowest BCUT2D eigenvalue weighted by Gasteiger charge is -2.43. The third-order valence-electron chi connectivity index (χ3n) is 5.42. The quantitative estimate of drug-likeness (QED) is 0.892. The fraction of sp³-hybridized carbons (Fsp3) is 0.429. The Morgan fingerprint density at radius 2 is 1.59 bits per heavy atom. The molecule has 0 aliphatic carbocycles. The highest BCUT2D eigenvalue weighted by Crippen LogP contribution is 2.36. The van der Waals surface area contributed by atoms with Crippen LogP contribution in [0.5, 0.6) is 17.2 Å². The Balaban J connectivity index is 1.44. The van der Waals surface area contributed by atoms with E-state index in [-0.39, 0.29) is 0 Å². The van der Waals surface area contributed by atoms with Crippen LogP contribution in [0.15, 0.2) is 42.5 Å². The smallest absolute Gasteiger partial charge is 0.161 e. The van der Waals surface area contributed by atoms with Gasteiger partial charge in [0.05, 0.1) is 7.11 Å². The summed E-state index contributed by atoms with van der Waals surface area (Å²) >= 11 is 0. The predicted molar refractivity (Wildman–Crippen MR) is 104 cm³/mol. The molecular weight excluding hydrogens is 344 g/mol. The summed E-state index contributed by atoms with van der Waals surface area (Å²) in [5, 5.41) is 11.2. The molecule has 27 heavy (non-hydrogen) atoms. The number of hydrogen-bond donors (Lipinski definition) is 1. The van der Waals surface area contributed by atoms with Gasteiger partial charge in [0.25, 0.3) is 0 Å². The van der Waals surface area contributed by atoms with Crippen molar-refractivity contribution in [2.45, 2.75) is 12.6 Å². The first kappa shape index (κ1) is 17.9. The van der Waals surface area contributed by atoms with E-state index in [0.717, 1.165) is 43.2 Å². The molecule has 0 aromatic heterocycles. The zero-order valence-corrected chi connectivity index (χ0v) is 15.9. The van der Waals surface area contributed by atoms with Gasteiger partial charge in [-0.25, -0.2) is 0 Å². The average molecular weight is 370 g/mol. The lowest BCUT2D eigenvalue weighted by atomic mass is 10.0. The van der Waals surface area contributed by atoms with Crippen molar-refractivity contribution < 1.29 is 19.3 Å². The van der Waals surface area contributed by atoms with E-state index in [1.165, 1.54) is 5.69 Å². The van der Waals surface area contributed by atoms with Crippen LogP contribution in [-0.2, 0) is 5.72 Å². The Labute approximate surface area is 159 Å². The molecule has 4 rings (SSSR count). The molecule has 0 spiro atoms. The predicted octanol–water partition coefficient (Wildman–Crippen LogP) is 2.45. The fourth-order valence-corrected chi connectivity index (χ4v) is 3.71. The molecule has 2 heterocycles. The molecule has 0 bridgehead atoms. The first-order valence-corrected chi connectivity index (χ1v) is 9.34. The van der Waals surface area contributed by atoms with Crippen molar-refractivity contribution in [2.75, 3.05) is 51.4 Å². The van der Waals surface area contributed by atoms with E-state index in [0.29, 0.717) is 19.0 Å². The van der Waals surface area contributed by atoms with Crippen LogP contribution in [0.1, 0.15) is 12.5 Å². The number of aliphatic hydroxyl groups is 1. The number of hydrogen-bond acceptors (Lipinski definition) is 6. The van der Waals surface area contributed by atoms with Gasteiger partial charge in [-0.1, -0.05) is 6.07 Å². The van der Waals surface area contributed by atoms with E-state index in [1.807, 2.05) is 37.3 Å². The second-order valence-electron chi connectivity index (χ2n) is 7.05. The zero-order chi connectivity index (χ0) is 18.9. The summed E-state index contributed by atoms with van der Waals surface area (Å²) in [4.78, 5) is 4.44. The highest BCUT2D eigenvalue weighted by atomic mass is 16.6. The maximum Gasteiger partial charge on any atom is 0.161 e. The topological polar surface area (TPSA) is 54.4 Å². The Hall–Kier alpha value is -2.44. The van der Waals surface area contributed by atoms with Crippen LogP contribution in [0, 0.1) is 0 Å². The van der Waals surface area contributed by atoms with Gasteiger partial charge >= 0.3 is 0 Å². The van der Waals surface area contributed by atoms with Crippen molar-refractivity contribution in [3.63, 3.8) is 0 Å². The van der Waals surface area contributed by atoms with Crippen LogP contribution < -0.4 is 19.1 Å². The van der Waals surface area contributed by atoms with Crippen LogP contribution >= 0.6 is 0 Å². The normalized spacial score (nSPS) is 19.4. The Kier molecular flexibility index (Phi) is 4.85. The fourth-order valence-electron chi connectivity index (χ4n) is 3.71. The maximum atomic E-state index is 11.2. The average Bonchev–Trinajstić information content (AvgIpc) is 2.73. The van der Waals surface area contributed by atoms with Gasteiger partial charge in [0, 0.05) is 37.4 Å². The Bertz CT molecular complexity index is 783. The Morgan fingerprint density at radius 1 is 0.926 bits per heavy atom. The van der Waals surface area contributed by atoms with E-state index in [4.69, 9.17) is 14.2 Å². The second-order valence-corrected chi connectivity index (χ2v) is 7.05. The number of ether oxygens (including phenoxy) is 3. The van der Waals surface area contributed by atoms with Gasteiger partial charge < -0.3 is 24.2 Å². The number of anilines is 1. The number of piperazine rings is 1. The molecule has 2 aromatic carbocycles. The Morgan fingerprint density at radius 3 is 2.26 bits per heavy atom. The van der Waals surface area contributed by atoms with Crippen molar-refractivity contribution in [1.29, 1.82) is 0 Å². The monoisotopic (exact) mass is 370 g/mol. The third kappa shape index (κ3) is 3.55. The maximum absolute atomic E-state index is 11.2. The third-order valence-corrected chi connectivity index (χ3v) is 5.42. The molecule has 6 nitrogen and oxygen atoms in total. The van der Waals surface area contributed by atoms with Crippen LogP contribution in [0.3, 0.4) is 0 Å². The molecule has 0 radical (unpaired) electrons. The number of fused-ring (bicyclic) bond motifs is 1. The molecule has 1 unspecified atom stereocenters. The minimum Gasteiger partial charge on any atom is -0.497 e. The molecule has 1 N–H and O–H groups in total. The van der Waals surface area contributed by atoms with Crippen LogP contribution in [0.4, 0.5) is 5.69 Å². The summed E-state index contributed by atoms with van der Waals surface area (Å²) in [5.74, 6) is 2.31. The van der Waals surface area contributed by atoms with Crippen molar-refractivity contribution >= 4 is 5.69 Å². The van der Waals surface area contributed by atoms with Gasteiger partial charge in [0.1, 0.15) is 24.7 Å². The second kappa shape index (κ2) is 7.29. The summed E-state index contributed by atoms with van der Waals surface area (Å²) in [6.07, 6.45) is 0. The molecule has 144 valence electrons. The van der Waals surface area contributed by atoms with Crippen LogP contribution in [0.25, 0.3) is 0 Å². The molecule has 1 atom stereocenters. The van der Waals surface area contributed by atoms with Gasteiger partial charge in [-0.2, -0.15) is 0 Å². The number of methoxy groups -OCH3 is 1. The highest BCUT2D eigenvalue weighted by molar-refractivity contribution is 5.50. The first-order valence-electron chi connectivity index (χ1n) is 9.34. The van der Waals surface area contributed by atoms with Crippen molar-refractivity contribution in [3.05, 3.63) is 48.0 Å². The molecule has 6 heteroatoms. The first-order chi connectivity index (χ1) is 13.1. The van der Waals surface area contributed by atoms with E-state index in [9.17, 15) is 5.11 Å². The summed E-state index contributed by atoms with van der Waals surface area (Å²) in [5.41, 5.74) is 0.945. The van der Waals surface area contributed by atoms with Crippen molar-refractivity contribution in [1.82, 2.24) is 4.90 Å².